The van der Waals surface area contributed by atoms with E-state index in [1.54, 1.807) is 24.3 Å². The van der Waals surface area contributed by atoms with E-state index in [2.05, 4.69) is 10.2 Å². The predicted molar refractivity (Wildman–Crippen MR) is 136 cm³/mol. The number of halogens is 1. The van der Waals surface area contributed by atoms with Crippen molar-refractivity contribution in [3.63, 3.8) is 0 Å². The monoisotopic (exact) mass is 549 g/mol. The first kappa shape index (κ1) is 26.4. The molecule has 0 amide bonds. The molecule has 1 fully saturated rings. The lowest BCUT2D eigenvalue weighted by molar-refractivity contribution is -0.385. The van der Waals surface area contributed by atoms with Gasteiger partial charge in [0.15, 0.2) is 17.3 Å². The number of ether oxygens (including phenoxy) is 3. The van der Waals surface area contributed by atoms with Crippen molar-refractivity contribution in [2.75, 3.05) is 52.4 Å². The molecule has 37 heavy (non-hydrogen) atoms. The molecule has 12 nitrogen and oxygen atoms in total. The predicted octanol–water partition coefficient (Wildman–Crippen LogP) is 3.24. The Morgan fingerprint density at radius 2 is 1.57 bits per heavy atom. The molecule has 2 heterocycles. The minimum atomic E-state index is -4.02. The number of rotatable bonds is 8. The highest BCUT2D eigenvalue weighted by molar-refractivity contribution is 7.89. The molecule has 14 heteroatoms. The van der Waals surface area contributed by atoms with E-state index < -0.39 is 14.9 Å². The van der Waals surface area contributed by atoms with Crippen molar-refractivity contribution in [1.29, 1.82) is 0 Å². The molecule has 0 bridgehead atoms. The van der Waals surface area contributed by atoms with Crippen molar-refractivity contribution >= 4 is 33.1 Å². The Bertz CT molecular complexity index is 1390. The summed E-state index contributed by atoms with van der Waals surface area (Å²) in [5.74, 6) is 2.03. The fourth-order valence-electron chi connectivity index (χ4n) is 3.98. The van der Waals surface area contributed by atoms with Crippen LogP contribution in [0.25, 0.3) is 11.3 Å². The third kappa shape index (κ3) is 5.24. The van der Waals surface area contributed by atoms with E-state index in [4.69, 9.17) is 25.8 Å². The number of sulfonamides is 1. The number of nitrogens with zero attached hydrogens (tertiary/aromatic N) is 5. The topological polar surface area (TPSA) is 137 Å². The second-order valence-corrected chi connectivity index (χ2v) is 10.3. The van der Waals surface area contributed by atoms with E-state index in [-0.39, 0.29) is 28.7 Å². The second kappa shape index (κ2) is 10.7. The average molecular weight is 550 g/mol. The highest BCUT2D eigenvalue weighted by Crippen LogP contribution is 2.40. The van der Waals surface area contributed by atoms with Gasteiger partial charge in [0.2, 0.25) is 15.8 Å². The van der Waals surface area contributed by atoms with Crippen LogP contribution < -0.4 is 19.1 Å². The van der Waals surface area contributed by atoms with Gasteiger partial charge in [-0.2, -0.15) is 4.31 Å². The van der Waals surface area contributed by atoms with E-state index in [0.717, 1.165) is 11.6 Å². The summed E-state index contributed by atoms with van der Waals surface area (Å²) >= 11 is 6.07. The van der Waals surface area contributed by atoms with Gasteiger partial charge in [0.1, 0.15) is 4.90 Å². The zero-order valence-corrected chi connectivity index (χ0v) is 21.8. The molecule has 0 aliphatic carbocycles. The lowest BCUT2D eigenvalue weighted by Gasteiger charge is -2.34. The van der Waals surface area contributed by atoms with Crippen molar-refractivity contribution < 1.29 is 27.6 Å². The van der Waals surface area contributed by atoms with E-state index in [1.165, 1.54) is 37.8 Å². The quantitative estimate of drug-likeness (QED) is 0.304. The van der Waals surface area contributed by atoms with Gasteiger partial charge < -0.3 is 19.1 Å². The van der Waals surface area contributed by atoms with Gasteiger partial charge in [-0.3, -0.25) is 10.1 Å². The number of methoxy groups -OCH3 is 3. The van der Waals surface area contributed by atoms with Gasteiger partial charge in [-0.15, -0.1) is 10.2 Å². The number of nitro benzene ring substituents is 1. The number of anilines is 1. The summed E-state index contributed by atoms with van der Waals surface area (Å²) < 4.78 is 43.6. The smallest absolute Gasteiger partial charge is 0.270 e. The van der Waals surface area contributed by atoms with E-state index in [1.807, 2.05) is 4.90 Å². The summed E-state index contributed by atoms with van der Waals surface area (Å²) in [5.41, 5.74) is 0.965. The summed E-state index contributed by atoms with van der Waals surface area (Å²) in [6.45, 7) is 1.00. The van der Waals surface area contributed by atoms with Gasteiger partial charge in [0.05, 0.1) is 37.0 Å². The third-order valence-electron chi connectivity index (χ3n) is 5.92. The van der Waals surface area contributed by atoms with Crippen LogP contribution in [-0.4, -0.2) is 75.4 Å². The highest BCUT2D eigenvalue weighted by atomic mass is 35.5. The normalized spacial score (nSPS) is 14.3. The van der Waals surface area contributed by atoms with Gasteiger partial charge in [-0.1, -0.05) is 11.6 Å². The third-order valence-corrected chi connectivity index (χ3v) is 8.30. The summed E-state index contributed by atoms with van der Waals surface area (Å²) in [6, 6.07) is 10.5. The molecule has 0 N–H and O–H groups in total. The fourth-order valence-corrected chi connectivity index (χ4v) is 5.89. The summed E-state index contributed by atoms with van der Waals surface area (Å²) in [7, 11) is 0.571. The number of aromatic nitrogens is 2. The Balaban J connectivity index is 1.49. The number of nitro groups is 1. The molecule has 1 aliphatic heterocycles. The fraction of sp³-hybridized carbons (Fsp3) is 0.304. The molecule has 1 aromatic heterocycles. The zero-order valence-electron chi connectivity index (χ0n) is 20.2. The van der Waals surface area contributed by atoms with Crippen LogP contribution in [0.5, 0.6) is 17.2 Å². The number of hydrogen-bond acceptors (Lipinski definition) is 10. The van der Waals surface area contributed by atoms with Crippen molar-refractivity contribution in [2.24, 2.45) is 0 Å². The van der Waals surface area contributed by atoms with Crippen molar-refractivity contribution in [3.05, 3.63) is 57.6 Å². The van der Waals surface area contributed by atoms with Gasteiger partial charge >= 0.3 is 0 Å². The molecule has 3 aromatic rings. The Morgan fingerprint density at radius 1 is 0.919 bits per heavy atom. The lowest BCUT2D eigenvalue weighted by Crippen LogP contribution is -2.49. The van der Waals surface area contributed by atoms with Crippen LogP contribution in [0.4, 0.5) is 11.5 Å². The van der Waals surface area contributed by atoms with Crippen LogP contribution in [0.2, 0.25) is 5.02 Å². The minimum Gasteiger partial charge on any atom is -0.493 e. The largest absolute Gasteiger partial charge is 0.493 e. The first-order chi connectivity index (χ1) is 17.7. The van der Waals surface area contributed by atoms with Crippen LogP contribution in [0, 0.1) is 10.1 Å². The first-order valence-electron chi connectivity index (χ1n) is 11.0. The van der Waals surface area contributed by atoms with Crippen molar-refractivity contribution in [1.82, 2.24) is 14.5 Å². The second-order valence-electron chi connectivity index (χ2n) is 7.95. The summed E-state index contributed by atoms with van der Waals surface area (Å²) in [5, 5.41) is 19.7. The number of non-ortho nitro benzene ring substituents is 1. The van der Waals surface area contributed by atoms with E-state index in [9.17, 15) is 18.5 Å². The maximum absolute atomic E-state index is 13.1. The van der Waals surface area contributed by atoms with Crippen LogP contribution in [0.1, 0.15) is 0 Å². The van der Waals surface area contributed by atoms with Crippen molar-refractivity contribution in [3.8, 4) is 28.5 Å². The van der Waals surface area contributed by atoms with E-state index in [0.29, 0.717) is 41.8 Å². The summed E-state index contributed by atoms with van der Waals surface area (Å²) in [6.07, 6.45) is 0. The maximum Gasteiger partial charge on any atom is 0.270 e. The van der Waals surface area contributed by atoms with Gasteiger partial charge in [0.25, 0.3) is 5.69 Å². The van der Waals surface area contributed by atoms with Gasteiger partial charge in [0, 0.05) is 43.9 Å². The van der Waals surface area contributed by atoms with Gasteiger partial charge in [-0.05, 0) is 30.3 Å². The van der Waals surface area contributed by atoms with Crippen LogP contribution in [0.3, 0.4) is 0 Å². The van der Waals surface area contributed by atoms with Crippen LogP contribution in [0.15, 0.2) is 47.4 Å². The maximum atomic E-state index is 13.1. The summed E-state index contributed by atoms with van der Waals surface area (Å²) in [4.78, 5) is 12.1. The molecule has 0 unspecified atom stereocenters. The molecule has 1 aliphatic rings. The molecular formula is C23H24ClN5O7S. The molecule has 0 saturated carbocycles. The number of benzene rings is 2. The Labute approximate surface area is 218 Å². The molecule has 196 valence electrons. The SMILES string of the molecule is COc1cc(-c2ccc(N3CCN(S(=O)(=O)c4cc([N+](=O)[O-])ccc4Cl)CC3)nn2)cc(OC)c1OC. The number of piperazine rings is 1. The Kier molecular flexibility index (Phi) is 7.66. The average Bonchev–Trinajstić information content (AvgIpc) is 2.92. The molecule has 4 rings (SSSR count). The van der Waals surface area contributed by atoms with Crippen molar-refractivity contribution in [2.45, 2.75) is 4.90 Å². The molecule has 1 saturated heterocycles. The highest BCUT2D eigenvalue weighted by Gasteiger charge is 2.32. The Hall–Kier alpha value is -3.68. The minimum absolute atomic E-state index is 0.0683. The molecule has 0 radical (unpaired) electrons. The Morgan fingerprint density at radius 3 is 2.08 bits per heavy atom. The molecule has 2 aromatic carbocycles. The number of hydrogen-bond donors (Lipinski definition) is 0. The zero-order chi connectivity index (χ0) is 26.7. The van der Waals surface area contributed by atoms with Gasteiger partial charge in [-0.25, -0.2) is 8.42 Å². The lowest BCUT2D eigenvalue weighted by atomic mass is 10.1. The molecular weight excluding hydrogens is 526 g/mol. The molecule has 0 atom stereocenters. The molecule has 0 spiro atoms. The van der Waals surface area contributed by atoms with Crippen LogP contribution in [-0.2, 0) is 10.0 Å². The first-order valence-corrected chi connectivity index (χ1v) is 12.8. The van der Waals surface area contributed by atoms with E-state index >= 15 is 0 Å². The van der Waals surface area contributed by atoms with Crippen LogP contribution >= 0.6 is 11.6 Å². The standard InChI is InChI=1S/C23H24ClN5O7S/c1-34-19-12-15(13-20(35-2)23(19)36-3)18-6-7-22(26-25-18)27-8-10-28(11-9-27)37(32,33)21-14-16(29(30)31)4-5-17(21)24/h4-7,12-14H,8-11H2,1-3H3.